The summed E-state index contributed by atoms with van der Waals surface area (Å²) in [6.45, 7) is 0.973. The van der Waals surface area contributed by atoms with E-state index in [0.717, 1.165) is 22.6 Å². The molecule has 1 aliphatic heterocycles. The molecular formula is C18H19NO4S. The Hall–Kier alpha value is -2.18. The van der Waals surface area contributed by atoms with Crippen molar-refractivity contribution in [2.45, 2.75) is 17.2 Å². The number of carboxylic acids is 1. The Morgan fingerprint density at radius 2 is 1.83 bits per heavy atom. The normalized spacial score (nSPS) is 19.9. The molecule has 2 N–H and O–H groups in total. The van der Waals surface area contributed by atoms with E-state index in [9.17, 15) is 4.79 Å². The minimum Gasteiger partial charge on any atom is -0.497 e. The number of hydrogen-bond acceptors (Lipinski definition) is 5. The SMILES string of the molecule is COc1ccc(COc2ccc([C@@H]3NC[C@H](C(=O)O)S3)cc2)cc1. The molecule has 5 nitrogen and oxygen atoms in total. The Kier molecular flexibility index (Phi) is 5.27. The van der Waals surface area contributed by atoms with Crippen LogP contribution in [0.15, 0.2) is 48.5 Å². The van der Waals surface area contributed by atoms with Gasteiger partial charge in [0.05, 0.1) is 12.5 Å². The van der Waals surface area contributed by atoms with Crippen molar-refractivity contribution in [1.29, 1.82) is 0 Å². The van der Waals surface area contributed by atoms with E-state index in [2.05, 4.69) is 5.32 Å². The molecule has 0 saturated carbocycles. The Morgan fingerprint density at radius 1 is 1.17 bits per heavy atom. The molecule has 0 unspecified atom stereocenters. The molecule has 1 aliphatic rings. The first-order chi connectivity index (χ1) is 11.7. The average Bonchev–Trinajstić information content (AvgIpc) is 3.11. The fourth-order valence-corrected chi connectivity index (χ4v) is 3.59. The molecule has 24 heavy (non-hydrogen) atoms. The molecule has 3 rings (SSSR count). The molecule has 0 bridgehead atoms. The summed E-state index contributed by atoms with van der Waals surface area (Å²) in [4.78, 5) is 11.0. The van der Waals surface area contributed by atoms with Gasteiger partial charge in [-0.2, -0.15) is 0 Å². The molecule has 2 atom stereocenters. The van der Waals surface area contributed by atoms with Gasteiger partial charge in [-0.3, -0.25) is 10.1 Å². The largest absolute Gasteiger partial charge is 0.497 e. The smallest absolute Gasteiger partial charge is 0.318 e. The molecule has 2 aromatic carbocycles. The van der Waals surface area contributed by atoms with Crippen LogP contribution in [0.2, 0.25) is 0 Å². The molecule has 1 heterocycles. The molecule has 126 valence electrons. The number of methoxy groups -OCH3 is 1. The number of thioether (sulfide) groups is 1. The monoisotopic (exact) mass is 345 g/mol. The molecule has 0 amide bonds. The molecule has 0 radical (unpaired) electrons. The summed E-state index contributed by atoms with van der Waals surface area (Å²) in [7, 11) is 1.64. The van der Waals surface area contributed by atoms with Crippen LogP contribution in [0.1, 0.15) is 16.5 Å². The van der Waals surface area contributed by atoms with E-state index in [-0.39, 0.29) is 10.6 Å². The lowest BCUT2D eigenvalue weighted by atomic mass is 10.2. The third-order valence-corrected chi connectivity index (χ3v) is 5.22. The van der Waals surface area contributed by atoms with Crippen molar-refractivity contribution in [2.75, 3.05) is 13.7 Å². The molecule has 0 aliphatic carbocycles. The molecule has 6 heteroatoms. The Labute approximate surface area is 145 Å². The number of benzene rings is 2. The van der Waals surface area contributed by atoms with Gasteiger partial charge in [0.15, 0.2) is 0 Å². The maximum atomic E-state index is 11.0. The molecule has 0 spiro atoms. The zero-order valence-electron chi connectivity index (χ0n) is 13.3. The minimum absolute atomic E-state index is 0.0155. The molecule has 1 saturated heterocycles. The third kappa shape index (κ3) is 4.01. The van der Waals surface area contributed by atoms with E-state index in [1.165, 1.54) is 11.8 Å². The fourth-order valence-electron chi connectivity index (χ4n) is 2.44. The summed E-state index contributed by atoms with van der Waals surface area (Å²) in [5, 5.41) is 11.9. The van der Waals surface area contributed by atoms with Gasteiger partial charge in [0.1, 0.15) is 23.4 Å². The summed E-state index contributed by atoms with van der Waals surface area (Å²) in [5.74, 6) is 0.839. The maximum Gasteiger partial charge on any atom is 0.318 e. The van der Waals surface area contributed by atoms with Crippen LogP contribution in [0.25, 0.3) is 0 Å². The van der Waals surface area contributed by atoms with Gasteiger partial charge in [0, 0.05) is 6.54 Å². The zero-order chi connectivity index (χ0) is 16.9. The number of carbonyl (C=O) groups is 1. The highest BCUT2D eigenvalue weighted by atomic mass is 32.2. The zero-order valence-corrected chi connectivity index (χ0v) is 14.1. The number of rotatable bonds is 6. The van der Waals surface area contributed by atoms with Crippen LogP contribution in [0.5, 0.6) is 11.5 Å². The lowest BCUT2D eigenvalue weighted by molar-refractivity contribution is -0.136. The first-order valence-corrected chi connectivity index (χ1v) is 8.57. The van der Waals surface area contributed by atoms with Gasteiger partial charge in [0.25, 0.3) is 0 Å². The molecular weight excluding hydrogens is 326 g/mol. The van der Waals surface area contributed by atoms with Crippen LogP contribution in [0.3, 0.4) is 0 Å². The van der Waals surface area contributed by atoms with Crippen molar-refractivity contribution in [2.24, 2.45) is 0 Å². The third-order valence-electron chi connectivity index (χ3n) is 3.81. The van der Waals surface area contributed by atoms with Crippen LogP contribution in [0.4, 0.5) is 0 Å². The van der Waals surface area contributed by atoms with Crippen molar-refractivity contribution >= 4 is 17.7 Å². The Morgan fingerprint density at radius 3 is 2.42 bits per heavy atom. The van der Waals surface area contributed by atoms with Crippen molar-refractivity contribution in [3.63, 3.8) is 0 Å². The van der Waals surface area contributed by atoms with Crippen LogP contribution in [0, 0.1) is 0 Å². The Bertz CT molecular complexity index is 687. The standard InChI is InChI=1S/C18H19NO4S/c1-22-14-6-2-12(3-7-14)11-23-15-8-4-13(5-9-15)17-19-10-16(24-17)18(20)21/h2-9,16-17,19H,10-11H2,1H3,(H,20,21)/t16-,17-/m1/s1. The van der Waals surface area contributed by atoms with Gasteiger partial charge in [-0.05, 0) is 35.4 Å². The van der Waals surface area contributed by atoms with Gasteiger partial charge >= 0.3 is 5.97 Å². The average molecular weight is 345 g/mol. The molecule has 2 aromatic rings. The van der Waals surface area contributed by atoms with E-state index in [1.54, 1.807) is 7.11 Å². The fraction of sp³-hybridized carbons (Fsp3) is 0.278. The number of ether oxygens (including phenoxy) is 2. The van der Waals surface area contributed by atoms with Crippen molar-refractivity contribution in [1.82, 2.24) is 5.32 Å². The summed E-state index contributed by atoms with van der Waals surface area (Å²) < 4.78 is 10.9. The molecule has 1 fully saturated rings. The van der Waals surface area contributed by atoms with E-state index in [1.807, 2.05) is 48.5 Å². The first-order valence-electron chi connectivity index (χ1n) is 7.63. The summed E-state index contributed by atoms with van der Waals surface area (Å²) in [6, 6.07) is 15.5. The summed E-state index contributed by atoms with van der Waals surface area (Å²) in [5.41, 5.74) is 2.12. The van der Waals surface area contributed by atoms with Gasteiger partial charge in [-0.25, -0.2) is 0 Å². The predicted octanol–water partition coefficient (Wildman–Crippen LogP) is 3.06. The highest BCUT2D eigenvalue weighted by molar-refractivity contribution is 8.01. The highest BCUT2D eigenvalue weighted by Gasteiger charge is 2.30. The first kappa shape index (κ1) is 16.7. The quantitative estimate of drug-likeness (QED) is 0.839. The lowest BCUT2D eigenvalue weighted by Crippen LogP contribution is -2.21. The maximum absolute atomic E-state index is 11.0. The minimum atomic E-state index is -0.769. The van der Waals surface area contributed by atoms with Crippen LogP contribution in [-0.4, -0.2) is 30.0 Å². The Balaban J connectivity index is 1.55. The number of nitrogens with one attached hydrogen (secondary N) is 1. The topological polar surface area (TPSA) is 67.8 Å². The second kappa shape index (κ2) is 7.59. The van der Waals surface area contributed by atoms with Crippen molar-refractivity contribution in [3.8, 4) is 11.5 Å². The van der Waals surface area contributed by atoms with Crippen molar-refractivity contribution in [3.05, 3.63) is 59.7 Å². The van der Waals surface area contributed by atoms with E-state index in [0.29, 0.717) is 13.2 Å². The van der Waals surface area contributed by atoms with Gasteiger partial charge in [-0.1, -0.05) is 24.3 Å². The predicted molar refractivity (Wildman–Crippen MR) is 93.5 cm³/mol. The van der Waals surface area contributed by atoms with E-state index in [4.69, 9.17) is 14.6 Å². The van der Waals surface area contributed by atoms with Crippen molar-refractivity contribution < 1.29 is 19.4 Å². The lowest BCUT2D eigenvalue weighted by Gasteiger charge is -2.12. The van der Waals surface area contributed by atoms with E-state index >= 15 is 0 Å². The molecule has 0 aromatic heterocycles. The second-order valence-corrected chi connectivity index (χ2v) is 6.77. The second-order valence-electron chi connectivity index (χ2n) is 5.46. The summed E-state index contributed by atoms with van der Waals surface area (Å²) >= 11 is 1.43. The van der Waals surface area contributed by atoms with E-state index < -0.39 is 5.97 Å². The number of aliphatic carboxylic acids is 1. The number of hydrogen-bond donors (Lipinski definition) is 2. The van der Waals surface area contributed by atoms with Crippen LogP contribution >= 0.6 is 11.8 Å². The van der Waals surface area contributed by atoms with Gasteiger partial charge < -0.3 is 14.6 Å². The highest BCUT2D eigenvalue weighted by Crippen LogP contribution is 2.35. The summed E-state index contributed by atoms with van der Waals surface area (Å²) in [6.07, 6.45) is 0. The van der Waals surface area contributed by atoms with Crippen LogP contribution in [-0.2, 0) is 11.4 Å². The number of carboxylic acid groups (broad SMARTS) is 1. The van der Waals surface area contributed by atoms with Crippen LogP contribution < -0.4 is 14.8 Å². The van der Waals surface area contributed by atoms with Gasteiger partial charge in [-0.15, -0.1) is 11.8 Å². The van der Waals surface area contributed by atoms with Gasteiger partial charge in [0.2, 0.25) is 0 Å².